The molecule has 0 fully saturated rings. The van der Waals surface area contributed by atoms with Crippen molar-refractivity contribution in [2.45, 2.75) is 13.3 Å². The molecule has 0 aliphatic rings. The summed E-state index contributed by atoms with van der Waals surface area (Å²) >= 11 is 0. The topological polar surface area (TPSA) is 29.1 Å². The summed E-state index contributed by atoms with van der Waals surface area (Å²) in [5.41, 5.74) is 2.45. The van der Waals surface area contributed by atoms with Gasteiger partial charge in [0.05, 0.1) is 0 Å². The quantitative estimate of drug-likeness (QED) is 0.587. The molecule has 0 radical (unpaired) electrons. The molecule has 1 N–H and O–H groups in total. The van der Waals surface area contributed by atoms with Gasteiger partial charge in [0, 0.05) is 5.56 Å². The molecule has 1 rings (SSSR count). The maximum absolute atomic E-state index is 11.8. The highest BCUT2D eigenvalue weighted by molar-refractivity contribution is 6.08. The van der Waals surface area contributed by atoms with Crippen molar-refractivity contribution in [1.82, 2.24) is 5.32 Å². The van der Waals surface area contributed by atoms with Gasteiger partial charge < -0.3 is 5.32 Å². The first kappa shape index (κ1) is 11.7. The van der Waals surface area contributed by atoms with Crippen molar-refractivity contribution in [3.05, 3.63) is 47.5 Å². The van der Waals surface area contributed by atoms with E-state index in [9.17, 15) is 4.79 Å². The summed E-state index contributed by atoms with van der Waals surface area (Å²) in [5, 5.41) is 3.08. The fourth-order valence-electron chi connectivity index (χ4n) is 1.45. The molecule has 0 atom stereocenters. The van der Waals surface area contributed by atoms with Gasteiger partial charge in [-0.05, 0) is 38.1 Å². The first-order chi connectivity index (χ1) is 7.16. The van der Waals surface area contributed by atoms with Gasteiger partial charge in [-0.1, -0.05) is 30.8 Å². The van der Waals surface area contributed by atoms with Crippen LogP contribution in [0.25, 0.3) is 0 Å². The molecule has 2 nitrogen and oxygen atoms in total. The van der Waals surface area contributed by atoms with Crippen molar-refractivity contribution in [3.63, 3.8) is 0 Å². The van der Waals surface area contributed by atoms with E-state index in [0.717, 1.165) is 24.1 Å². The average Bonchev–Trinajstić information content (AvgIpc) is 2.25. The van der Waals surface area contributed by atoms with Crippen molar-refractivity contribution in [1.29, 1.82) is 0 Å². The molecule has 80 valence electrons. The number of allylic oxidation sites excluding steroid dienone is 1. The maximum atomic E-state index is 11.8. The van der Waals surface area contributed by atoms with Gasteiger partial charge in [0.25, 0.3) is 0 Å². The summed E-state index contributed by atoms with van der Waals surface area (Å²) in [6.07, 6.45) is 0.867. The van der Waals surface area contributed by atoms with Crippen LogP contribution in [0, 0.1) is 0 Å². The number of carbonyl (C=O) groups excluding carboxylic acids is 1. The summed E-state index contributed by atoms with van der Waals surface area (Å²) in [4.78, 5) is 11.8. The van der Waals surface area contributed by atoms with Gasteiger partial charge in [-0.2, -0.15) is 0 Å². The van der Waals surface area contributed by atoms with Gasteiger partial charge in [0.2, 0.25) is 0 Å². The van der Waals surface area contributed by atoms with Gasteiger partial charge in [-0.3, -0.25) is 4.79 Å². The Morgan fingerprint density at radius 1 is 1.40 bits per heavy atom. The number of ketones is 1. The van der Waals surface area contributed by atoms with Crippen molar-refractivity contribution < 1.29 is 4.79 Å². The lowest BCUT2D eigenvalue weighted by Crippen LogP contribution is -2.13. The first-order valence-corrected chi connectivity index (χ1v) is 5.09. The second-order valence-corrected chi connectivity index (χ2v) is 3.62. The van der Waals surface area contributed by atoms with E-state index in [1.807, 2.05) is 31.3 Å². The highest BCUT2D eigenvalue weighted by Crippen LogP contribution is 2.13. The van der Waals surface area contributed by atoms with Crippen LogP contribution in [-0.2, 0) is 6.42 Å². The molecule has 0 amide bonds. The molecular formula is C13H17NO. The number of rotatable bonds is 5. The van der Waals surface area contributed by atoms with Gasteiger partial charge in [-0.25, -0.2) is 0 Å². The summed E-state index contributed by atoms with van der Waals surface area (Å²) in [7, 11) is 1.91. The fourth-order valence-corrected chi connectivity index (χ4v) is 1.45. The van der Waals surface area contributed by atoms with E-state index in [1.54, 1.807) is 6.92 Å². The Balaban J connectivity index is 2.95. The minimum atomic E-state index is 0.0432. The Kier molecular flexibility index (Phi) is 4.25. The molecule has 0 aromatic heterocycles. The van der Waals surface area contributed by atoms with Crippen LogP contribution >= 0.6 is 0 Å². The molecular weight excluding hydrogens is 186 g/mol. The smallest absolute Gasteiger partial charge is 0.188 e. The lowest BCUT2D eigenvalue weighted by Gasteiger charge is -2.07. The van der Waals surface area contributed by atoms with Gasteiger partial charge >= 0.3 is 0 Å². The third-order valence-electron chi connectivity index (χ3n) is 2.29. The Morgan fingerprint density at radius 2 is 2.07 bits per heavy atom. The van der Waals surface area contributed by atoms with Crippen LogP contribution in [-0.4, -0.2) is 19.4 Å². The van der Waals surface area contributed by atoms with Crippen LogP contribution in [0.4, 0.5) is 0 Å². The minimum Gasteiger partial charge on any atom is -0.319 e. The van der Waals surface area contributed by atoms with Crippen LogP contribution in [0.15, 0.2) is 36.4 Å². The van der Waals surface area contributed by atoms with Gasteiger partial charge in [-0.15, -0.1) is 0 Å². The number of hydrogen-bond acceptors (Lipinski definition) is 2. The second-order valence-electron chi connectivity index (χ2n) is 3.62. The zero-order valence-electron chi connectivity index (χ0n) is 9.34. The second kappa shape index (κ2) is 5.47. The summed E-state index contributed by atoms with van der Waals surface area (Å²) < 4.78 is 0. The number of nitrogens with one attached hydrogen (secondary N) is 1. The van der Waals surface area contributed by atoms with E-state index in [1.165, 1.54) is 0 Å². The lowest BCUT2D eigenvalue weighted by atomic mass is 9.98. The molecule has 0 bridgehead atoms. The van der Waals surface area contributed by atoms with Gasteiger partial charge in [0.1, 0.15) is 0 Å². The van der Waals surface area contributed by atoms with E-state index in [4.69, 9.17) is 0 Å². The molecule has 1 aromatic rings. The fraction of sp³-hybridized carbons (Fsp3) is 0.308. The third kappa shape index (κ3) is 3.03. The molecule has 15 heavy (non-hydrogen) atoms. The highest BCUT2D eigenvalue weighted by Gasteiger charge is 2.10. The van der Waals surface area contributed by atoms with E-state index in [0.29, 0.717) is 5.57 Å². The number of carbonyl (C=O) groups is 1. The molecule has 2 heteroatoms. The highest BCUT2D eigenvalue weighted by atomic mass is 16.1. The molecule has 0 aliphatic carbocycles. The van der Waals surface area contributed by atoms with Crippen molar-refractivity contribution >= 4 is 5.78 Å². The third-order valence-corrected chi connectivity index (χ3v) is 2.29. The number of benzene rings is 1. The molecule has 0 heterocycles. The van der Waals surface area contributed by atoms with Crippen LogP contribution < -0.4 is 5.32 Å². The number of hydrogen-bond donors (Lipinski definition) is 1. The first-order valence-electron chi connectivity index (χ1n) is 5.09. The van der Waals surface area contributed by atoms with E-state index in [-0.39, 0.29) is 5.78 Å². The summed E-state index contributed by atoms with van der Waals surface area (Å²) in [6, 6.07) is 7.70. The zero-order valence-corrected chi connectivity index (χ0v) is 9.34. The van der Waals surface area contributed by atoms with E-state index >= 15 is 0 Å². The van der Waals surface area contributed by atoms with E-state index in [2.05, 4.69) is 11.9 Å². The van der Waals surface area contributed by atoms with Crippen molar-refractivity contribution in [2.24, 2.45) is 0 Å². The van der Waals surface area contributed by atoms with E-state index < -0.39 is 0 Å². The predicted octanol–water partition coefficient (Wildman–Crippen LogP) is 2.21. The molecule has 1 aromatic carbocycles. The Labute approximate surface area is 91.0 Å². The van der Waals surface area contributed by atoms with Crippen LogP contribution in [0.1, 0.15) is 22.8 Å². The zero-order chi connectivity index (χ0) is 11.3. The molecule has 0 unspecified atom stereocenters. The summed E-state index contributed by atoms with van der Waals surface area (Å²) in [5.74, 6) is 0.0432. The minimum absolute atomic E-state index is 0.0432. The molecule has 0 saturated heterocycles. The Morgan fingerprint density at radius 3 is 2.67 bits per heavy atom. The average molecular weight is 203 g/mol. The molecule has 0 aliphatic heterocycles. The maximum Gasteiger partial charge on any atom is 0.188 e. The SMILES string of the molecule is C=C(C)C(=O)c1ccccc1CCNC. The van der Waals surface area contributed by atoms with Crippen molar-refractivity contribution in [3.8, 4) is 0 Å². The monoisotopic (exact) mass is 203 g/mol. The lowest BCUT2D eigenvalue weighted by molar-refractivity contribution is 0.103. The predicted molar refractivity (Wildman–Crippen MR) is 63.2 cm³/mol. The normalized spacial score (nSPS) is 10.0. The van der Waals surface area contributed by atoms with Crippen LogP contribution in [0.2, 0.25) is 0 Å². The van der Waals surface area contributed by atoms with Crippen LogP contribution in [0.5, 0.6) is 0 Å². The Hall–Kier alpha value is -1.41. The number of Topliss-reactive ketones (excluding diaryl/α,β-unsaturated/α-hetero) is 1. The Bertz CT molecular complexity index is 369. The molecule has 0 saturated carbocycles. The standard InChI is InChI=1S/C13H17NO/c1-10(2)13(15)12-7-5-4-6-11(12)8-9-14-3/h4-7,14H,1,8-9H2,2-3H3. The summed E-state index contributed by atoms with van der Waals surface area (Å²) in [6.45, 7) is 6.31. The van der Waals surface area contributed by atoms with Gasteiger partial charge in [0.15, 0.2) is 5.78 Å². The van der Waals surface area contributed by atoms with Crippen molar-refractivity contribution in [2.75, 3.05) is 13.6 Å². The van der Waals surface area contributed by atoms with Crippen LogP contribution in [0.3, 0.4) is 0 Å². The largest absolute Gasteiger partial charge is 0.319 e. The number of likely N-dealkylation sites (N-methyl/N-ethyl adjacent to an activating group) is 1. The molecule has 0 spiro atoms.